The molecule has 0 aromatic heterocycles. The predicted molar refractivity (Wildman–Crippen MR) is 129 cm³/mol. The second kappa shape index (κ2) is 9.67. The zero-order valence-electron chi connectivity index (χ0n) is 17.8. The molecule has 2 aromatic rings. The highest BCUT2D eigenvalue weighted by Gasteiger charge is 2.35. The predicted octanol–water partition coefficient (Wildman–Crippen LogP) is 4.93. The molecule has 1 unspecified atom stereocenters. The van der Waals surface area contributed by atoms with Crippen LogP contribution in [-0.2, 0) is 27.4 Å². The second-order valence-electron chi connectivity index (χ2n) is 7.77. The van der Waals surface area contributed by atoms with Crippen molar-refractivity contribution in [2.45, 2.75) is 50.7 Å². The molecule has 0 spiro atoms. The largest absolute Gasteiger partial charge is 0.460 e. The number of fused-ring (bicyclic) bond motifs is 1. The average Bonchev–Trinajstić information content (AvgIpc) is 3.41. The van der Waals surface area contributed by atoms with Gasteiger partial charge in [0.25, 0.3) is 0 Å². The molecule has 2 heterocycles. The lowest BCUT2D eigenvalue weighted by atomic mass is 10.2. The molecule has 5 nitrogen and oxygen atoms in total. The summed E-state index contributed by atoms with van der Waals surface area (Å²) in [5.74, 6) is -0.0979. The van der Waals surface area contributed by atoms with Crippen molar-refractivity contribution in [3.8, 4) is 0 Å². The van der Waals surface area contributed by atoms with Crippen molar-refractivity contribution in [2.75, 3.05) is 18.0 Å². The minimum absolute atomic E-state index is 0.0657. The SMILES string of the molecule is C/C=S(/c1cc2c(cc1Br)CCN2C(C)=O)N1CCC[C@H]1C(=O)OCc1ccccc1. The van der Waals surface area contributed by atoms with Crippen LogP contribution >= 0.6 is 26.6 Å². The second-order valence-corrected chi connectivity index (χ2v) is 10.6. The Balaban J connectivity index is 1.57. The van der Waals surface area contributed by atoms with Crippen molar-refractivity contribution in [3.05, 3.63) is 58.1 Å². The van der Waals surface area contributed by atoms with Gasteiger partial charge in [0.05, 0.1) is 0 Å². The number of nitrogens with zero attached hydrogens (tertiary/aromatic N) is 2. The summed E-state index contributed by atoms with van der Waals surface area (Å²) in [5.41, 5.74) is 3.17. The van der Waals surface area contributed by atoms with Crippen molar-refractivity contribution in [1.29, 1.82) is 0 Å². The van der Waals surface area contributed by atoms with E-state index >= 15 is 0 Å². The van der Waals surface area contributed by atoms with E-state index in [4.69, 9.17) is 4.74 Å². The molecule has 2 aromatic carbocycles. The third-order valence-corrected chi connectivity index (χ3v) is 8.91. The molecule has 4 rings (SSSR count). The number of carbonyl (C=O) groups is 2. The molecule has 0 bridgehead atoms. The monoisotopic (exact) mass is 502 g/mol. The maximum absolute atomic E-state index is 13.0. The minimum Gasteiger partial charge on any atom is -0.460 e. The van der Waals surface area contributed by atoms with E-state index in [0.29, 0.717) is 6.61 Å². The van der Waals surface area contributed by atoms with Gasteiger partial charge in [-0.1, -0.05) is 41.0 Å². The summed E-state index contributed by atoms with van der Waals surface area (Å²) >= 11 is 3.75. The van der Waals surface area contributed by atoms with Gasteiger partial charge in [0, 0.05) is 35.1 Å². The standard InChI is InChI=1S/C24H27BrN2O3S/c1-3-31(23-15-22-19(14-20(23)25)11-13-26(22)17(2)28)27-12-7-10-21(27)24(29)30-16-18-8-5-4-6-9-18/h3-6,8-9,14-15,21H,7,10-13,16H2,1-2H3/t21-,31?/m0/s1. The van der Waals surface area contributed by atoms with Gasteiger partial charge in [-0.25, -0.2) is 4.31 Å². The molecule has 31 heavy (non-hydrogen) atoms. The van der Waals surface area contributed by atoms with Gasteiger partial charge < -0.3 is 9.64 Å². The molecular weight excluding hydrogens is 476 g/mol. The molecular formula is C24H27BrN2O3S. The van der Waals surface area contributed by atoms with E-state index in [0.717, 1.165) is 53.0 Å². The average molecular weight is 503 g/mol. The number of ether oxygens (including phenoxy) is 1. The van der Waals surface area contributed by atoms with Crippen LogP contribution in [-0.4, -0.2) is 40.7 Å². The van der Waals surface area contributed by atoms with Crippen LogP contribution in [0, 0.1) is 0 Å². The van der Waals surface area contributed by atoms with Crippen molar-refractivity contribution >= 4 is 49.5 Å². The molecule has 2 aliphatic heterocycles. The van der Waals surface area contributed by atoms with E-state index in [2.05, 4.69) is 37.7 Å². The van der Waals surface area contributed by atoms with Crippen LogP contribution in [0.3, 0.4) is 0 Å². The van der Waals surface area contributed by atoms with Crippen LogP contribution in [0.15, 0.2) is 51.8 Å². The number of anilines is 1. The van der Waals surface area contributed by atoms with E-state index in [1.54, 1.807) is 6.92 Å². The number of hydrogen-bond donors (Lipinski definition) is 0. The van der Waals surface area contributed by atoms with Crippen LogP contribution in [0.25, 0.3) is 0 Å². The molecule has 0 aliphatic carbocycles. The first-order valence-electron chi connectivity index (χ1n) is 10.6. The quantitative estimate of drug-likeness (QED) is 0.429. The first-order chi connectivity index (χ1) is 15.0. The van der Waals surface area contributed by atoms with Crippen LogP contribution in [0.5, 0.6) is 0 Å². The molecule has 164 valence electrons. The molecule has 1 amide bonds. The Morgan fingerprint density at radius 2 is 2.00 bits per heavy atom. The smallest absolute Gasteiger partial charge is 0.324 e. The number of hydrogen-bond acceptors (Lipinski definition) is 4. The topological polar surface area (TPSA) is 49.9 Å². The Labute approximate surface area is 194 Å². The van der Waals surface area contributed by atoms with Gasteiger partial charge in [-0.2, -0.15) is 0 Å². The lowest BCUT2D eigenvalue weighted by Crippen LogP contribution is -2.34. The fourth-order valence-electron chi connectivity index (χ4n) is 4.30. The number of benzene rings is 2. The highest BCUT2D eigenvalue weighted by molar-refractivity contribution is 9.10. The Morgan fingerprint density at radius 3 is 2.71 bits per heavy atom. The van der Waals surface area contributed by atoms with Crippen molar-refractivity contribution in [3.63, 3.8) is 0 Å². The zero-order chi connectivity index (χ0) is 22.0. The van der Waals surface area contributed by atoms with Gasteiger partial charge in [-0.15, -0.1) is 0 Å². The molecule has 2 aliphatic rings. The summed E-state index contributed by atoms with van der Waals surface area (Å²) in [5, 5.41) is 2.16. The van der Waals surface area contributed by atoms with Gasteiger partial charge in [0.15, 0.2) is 0 Å². The maximum atomic E-state index is 13.0. The Morgan fingerprint density at radius 1 is 1.23 bits per heavy atom. The highest BCUT2D eigenvalue weighted by atomic mass is 79.9. The molecule has 1 fully saturated rings. The Bertz CT molecular complexity index is 1020. The van der Waals surface area contributed by atoms with Gasteiger partial charge in [0.1, 0.15) is 12.6 Å². The fourth-order valence-corrected chi connectivity index (χ4v) is 7.25. The summed E-state index contributed by atoms with van der Waals surface area (Å²) < 4.78 is 8.96. The summed E-state index contributed by atoms with van der Waals surface area (Å²) in [4.78, 5) is 28.0. The van der Waals surface area contributed by atoms with Crippen LogP contribution in [0.1, 0.15) is 37.8 Å². The number of halogens is 1. The number of amides is 1. The summed E-state index contributed by atoms with van der Waals surface area (Å²) in [6.45, 7) is 5.52. The Kier molecular flexibility index (Phi) is 6.94. The van der Waals surface area contributed by atoms with E-state index in [1.165, 1.54) is 5.56 Å². The van der Waals surface area contributed by atoms with Crippen LogP contribution < -0.4 is 4.90 Å². The number of esters is 1. The van der Waals surface area contributed by atoms with E-state index in [-0.39, 0.29) is 28.6 Å². The van der Waals surface area contributed by atoms with Gasteiger partial charge >= 0.3 is 5.97 Å². The normalized spacial score (nSPS) is 19.5. The molecule has 2 atom stereocenters. The first kappa shape index (κ1) is 22.2. The summed E-state index contributed by atoms with van der Waals surface area (Å²) in [7, 11) is -0.378. The number of carbonyl (C=O) groups excluding carboxylic acids is 2. The van der Waals surface area contributed by atoms with E-state index in [1.807, 2.05) is 42.2 Å². The lowest BCUT2D eigenvalue weighted by Gasteiger charge is -2.28. The molecule has 7 heteroatoms. The fraction of sp³-hybridized carbons (Fsp3) is 0.375. The molecule has 1 saturated heterocycles. The van der Waals surface area contributed by atoms with E-state index in [9.17, 15) is 9.59 Å². The summed E-state index contributed by atoms with van der Waals surface area (Å²) in [6, 6.07) is 13.8. The minimum atomic E-state index is -0.378. The third-order valence-electron chi connectivity index (χ3n) is 5.81. The van der Waals surface area contributed by atoms with Gasteiger partial charge in [0.2, 0.25) is 5.91 Å². The van der Waals surface area contributed by atoms with Crippen molar-refractivity contribution in [1.82, 2.24) is 4.31 Å². The molecule has 0 radical (unpaired) electrons. The van der Waals surface area contributed by atoms with Gasteiger partial charge in [-0.3, -0.25) is 9.59 Å². The van der Waals surface area contributed by atoms with Crippen LogP contribution in [0.4, 0.5) is 5.69 Å². The van der Waals surface area contributed by atoms with Gasteiger partial charge in [-0.05, 0) is 70.7 Å². The number of rotatable bonds is 5. The zero-order valence-corrected chi connectivity index (χ0v) is 20.2. The van der Waals surface area contributed by atoms with Crippen LogP contribution in [0.2, 0.25) is 0 Å². The third kappa shape index (κ3) is 4.64. The lowest BCUT2D eigenvalue weighted by molar-refractivity contribution is -0.148. The molecule has 0 N–H and O–H groups in total. The maximum Gasteiger partial charge on any atom is 0.324 e. The van der Waals surface area contributed by atoms with Crippen molar-refractivity contribution in [2.24, 2.45) is 0 Å². The van der Waals surface area contributed by atoms with Crippen molar-refractivity contribution < 1.29 is 14.3 Å². The molecule has 0 saturated carbocycles. The summed E-state index contributed by atoms with van der Waals surface area (Å²) in [6.07, 6.45) is 2.63. The first-order valence-corrected chi connectivity index (χ1v) is 12.6. The Hall–Kier alpha value is -1.96. The van der Waals surface area contributed by atoms with E-state index < -0.39 is 0 Å². The highest BCUT2D eigenvalue weighted by Crippen LogP contribution is 2.44.